The summed E-state index contributed by atoms with van der Waals surface area (Å²) in [5.74, 6) is -0.414. The number of hydrogen-bond donors (Lipinski definition) is 0. The van der Waals surface area contributed by atoms with Gasteiger partial charge in [-0.25, -0.2) is 0 Å². The van der Waals surface area contributed by atoms with E-state index >= 15 is 0 Å². The summed E-state index contributed by atoms with van der Waals surface area (Å²) in [7, 11) is -7.23. The number of thioether (sulfide) groups is 1. The summed E-state index contributed by atoms with van der Waals surface area (Å²) in [6.45, 7) is 33.7. The first kappa shape index (κ1) is 65.4. The van der Waals surface area contributed by atoms with E-state index in [0.717, 1.165) is 30.4 Å². The molecule has 8 atom stereocenters. The van der Waals surface area contributed by atoms with Gasteiger partial charge in [0.05, 0.1) is 31.5 Å². The van der Waals surface area contributed by atoms with Gasteiger partial charge in [0.1, 0.15) is 17.7 Å². The third-order valence-corrected chi connectivity index (χ3v) is 30.4. The fourth-order valence-electron chi connectivity index (χ4n) is 11.6. The lowest BCUT2D eigenvalue weighted by Crippen LogP contribution is -2.66. The first-order chi connectivity index (χ1) is 35.5. The highest BCUT2D eigenvalue weighted by molar-refractivity contribution is 14.1. The summed E-state index contributed by atoms with van der Waals surface area (Å²) in [5.41, 5.74) is 2.99. The normalized spacial score (nSPS) is 19.7. The van der Waals surface area contributed by atoms with Crippen molar-refractivity contribution in [2.45, 2.75) is 186 Å². The molecule has 1 aliphatic rings. The molecule has 3 aromatic carbocycles. The molecule has 0 spiro atoms. The summed E-state index contributed by atoms with van der Waals surface area (Å²) in [5, 5.41) is 2.50. The number of carbonyl (C=O) groups is 1. The zero-order valence-electron chi connectivity index (χ0n) is 48.4. The van der Waals surface area contributed by atoms with Crippen LogP contribution in [0.1, 0.15) is 130 Å². The van der Waals surface area contributed by atoms with Crippen molar-refractivity contribution in [1.29, 1.82) is 0 Å². The van der Waals surface area contributed by atoms with Gasteiger partial charge in [0.15, 0.2) is 0 Å². The van der Waals surface area contributed by atoms with Crippen LogP contribution in [-0.4, -0.2) is 85.5 Å². The van der Waals surface area contributed by atoms with E-state index in [1.807, 2.05) is 22.8 Å². The van der Waals surface area contributed by atoms with Crippen LogP contribution < -0.4 is 10.4 Å². The average molecular weight is 1220 g/mol. The Morgan fingerprint density at radius 3 is 1.83 bits per heavy atom. The SMILES string of the molecule is CCOP(=O)(CC(=O)O[C@@H](C[C@H](O[Si](C(C)C)(C(C)C)C(C)C)/C(C)=C/C=C/[C@@H](C)[C@H]1C[C@@H](CCO[Si](c2ccccc2)(c2ccccc2)C(C)(C)C)C[C@H](Sc2ccccc2)O1)[C@H](C)[C@@H](OC)/C(C)=C/I)OCC. The Hall–Kier alpha value is -2.15. The molecule has 0 unspecified atom stereocenters. The van der Waals surface area contributed by atoms with E-state index in [1.54, 1.807) is 21.0 Å². The van der Waals surface area contributed by atoms with Gasteiger partial charge in [-0.2, -0.15) is 0 Å². The number of esters is 1. The number of benzene rings is 3. The van der Waals surface area contributed by atoms with Crippen molar-refractivity contribution in [3.8, 4) is 0 Å². The van der Waals surface area contributed by atoms with Crippen LogP contribution in [0.4, 0.5) is 0 Å². The van der Waals surface area contributed by atoms with Gasteiger partial charge >= 0.3 is 13.6 Å². The minimum absolute atomic E-state index is 0.00433. The van der Waals surface area contributed by atoms with Crippen molar-refractivity contribution < 1.29 is 41.5 Å². The Bertz CT molecular complexity index is 2220. The fraction of sp³-hybridized carbons (Fsp3) is 0.590. The van der Waals surface area contributed by atoms with E-state index in [2.05, 4.69) is 215 Å². The fourth-order valence-corrected chi connectivity index (χ4v) is 24.7. The highest BCUT2D eigenvalue weighted by Crippen LogP contribution is 2.49. The van der Waals surface area contributed by atoms with Crippen molar-refractivity contribution in [1.82, 2.24) is 0 Å². The van der Waals surface area contributed by atoms with Crippen LogP contribution in [0.3, 0.4) is 0 Å². The zero-order chi connectivity index (χ0) is 55.6. The van der Waals surface area contributed by atoms with Crippen LogP contribution in [0.5, 0.6) is 0 Å². The van der Waals surface area contributed by atoms with Gasteiger partial charge in [-0.15, -0.1) is 0 Å². The standard InChI is InChI=1S/C61H94IO9PSSi2/c1-17-66-72(64,67-18-2)43-58(63)69-57(50(12)60(65-16)49(11)42-62)41-56(71-74(44(3)4,45(5)6)46(7)8)48(10)30-28-29-47(9)55-39-51(40-59(70-55)73-52-31-22-19-23-32-52)37-38-68-75(61(13,14)15,53-33-24-20-25-34-53)54-35-26-21-27-36-54/h19-36,42,44-47,50-51,55-57,59-60H,17-18,37-41,43H2,1-16H3/b29-28+,48-30+,49-42+/t47-,50+,51-,55-,56+,57+,59+,60+/m1/s1. The molecule has 4 rings (SSSR count). The van der Waals surface area contributed by atoms with E-state index in [9.17, 15) is 9.36 Å². The molecule has 0 bridgehead atoms. The van der Waals surface area contributed by atoms with Crippen molar-refractivity contribution in [3.63, 3.8) is 0 Å². The van der Waals surface area contributed by atoms with Crippen LogP contribution in [0.2, 0.25) is 21.7 Å². The minimum Gasteiger partial charge on any atom is -0.461 e. The Labute approximate surface area is 474 Å². The van der Waals surface area contributed by atoms with Gasteiger partial charge in [-0.05, 0) is 112 Å². The van der Waals surface area contributed by atoms with Crippen LogP contribution in [0.15, 0.2) is 129 Å². The minimum atomic E-state index is -3.73. The van der Waals surface area contributed by atoms with E-state index in [0.29, 0.717) is 35.6 Å². The van der Waals surface area contributed by atoms with Gasteiger partial charge in [0, 0.05) is 36.9 Å². The number of rotatable bonds is 30. The first-order valence-electron chi connectivity index (χ1n) is 27.5. The molecular formula is C61H94IO9PSSi2. The van der Waals surface area contributed by atoms with Crippen molar-refractivity contribution in [3.05, 3.63) is 124 Å². The Balaban J connectivity index is 1.71. The monoisotopic (exact) mass is 1220 g/mol. The maximum atomic E-state index is 14.0. The molecule has 3 aromatic rings. The van der Waals surface area contributed by atoms with E-state index in [1.165, 1.54) is 15.3 Å². The first-order valence-corrected chi connectivity index (χ1v) is 35.4. The lowest BCUT2D eigenvalue weighted by atomic mass is 9.87. The highest BCUT2D eigenvalue weighted by atomic mass is 127. The largest absolute Gasteiger partial charge is 0.461 e. The summed E-state index contributed by atoms with van der Waals surface area (Å²) in [4.78, 5) is 15.2. The molecule has 1 aliphatic heterocycles. The Kier molecular flexibility index (Phi) is 27.0. The molecule has 0 N–H and O–H groups in total. The number of methoxy groups -OCH3 is 1. The predicted octanol–water partition coefficient (Wildman–Crippen LogP) is 16.1. The summed E-state index contributed by atoms with van der Waals surface area (Å²) >= 11 is 4.05. The zero-order valence-corrected chi connectivity index (χ0v) is 54.3. The average Bonchev–Trinajstić information content (AvgIpc) is 3.36. The topological polar surface area (TPSA) is 98.8 Å². The quantitative estimate of drug-likeness (QED) is 0.0211. The van der Waals surface area contributed by atoms with Crippen LogP contribution in [0.25, 0.3) is 0 Å². The van der Waals surface area contributed by atoms with E-state index in [-0.39, 0.29) is 47.7 Å². The molecule has 1 saturated heterocycles. The van der Waals surface area contributed by atoms with E-state index in [4.69, 9.17) is 32.1 Å². The van der Waals surface area contributed by atoms with Crippen LogP contribution in [-0.2, 0) is 41.5 Å². The van der Waals surface area contributed by atoms with Crippen molar-refractivity contribution in [2.24, 2.45) is 17.8 Å². The van der Waals surface area contributed by atoms with Crippen molar-refractivity contribution >= 4 is 74.9 Å². The molecule has 1 fully saturated rings. The molecule has 14 heteroatoms. The molecule has 0 radical (unpaired) electrons. The number of hydrogen-bond acceptors (Lipinski definition) is 10. The molecule has 418 valence electrons. The molecular weight excluding hydrogens is 1120 g/mol. The third-order valence-electron chi connectivity index (χ3n) is 15.3. The number of halogens is 1. The number of allylic oxidation sites excluding steroid dienone is 2. The van der Waals surface area contributed by atoms with Crippen LogP contribution >= 0.6 is 41.9 Å². The lowest BCUT2D eigenvalue weighted by molar-refractivity contribution is -0.152. The molecule has 9 nitrogen and oxygen atoms in total. The van der Waals surface area contributed by atoms with Gasteiger partial charge in [0.2, 0.25) is 8.32 Å². The molecule has 1 heterocycles. The molecule has 0 amide bonds. The van der Waals surface area contributed by atoms with Gasteiger partial charge < -0.3 is 32.1 Å². The maximum absolute atomic E-state index is 14.0. The predicted molar refractivity (Wildman–Crippen MR) is 328 cm³/mol. The lowest BCUT2D eigenvalue weighted by Gasteiger charge is -2.45. The Morgan fingerprint density at radius 2 is 1.35 bits per heavy atom. The number of carbonyl (C=O) groups excluding carboxylic acids is 1. The molecule has 0 aliphatic carbocycles. The second-order valence-corrected chi connectivity index (χ2v) is 36.1. The van der Waals surface area contributed by atoms with E-state index < -0.39 is 48.6 Å². The van der Waals surface area contributed by atoms with Crippen molar-refractivity contribution in [2.75, 3.05) is 33.1 Å². The maximum Gasteiger partial charge on any atom is 0.341 e. The Morgan fingerprint density at radius 1 is 0.813 bits per heavy atom. The van der Waals surface area contributed by atoms with Gasteiger partial charge in [-0.3, -0.25) is 9.36 Å². The van der Waals surface area contributed by atoms with Gasteiger partial charge in [0.25, 0.3) is 8.32 Å². The van der Waals surface area contributed by atoms with Gasteiger partial charge in [-0.1, -0.05) is 208 Å². The second-order valence-electron chi connectivity index (χ2n) is 22.5. The third kappa shape index (κ3) is 17.9. The summed E-state index contributed by atoms with van der Waals surface area (Å²) in [6.07, 6.45) is 7.93. The highest BCUT2D eigenvalue weighted by Gasteiger charge is 2.51. The summed E-state index contributed by atoms with van der Waals surface area (Å²) in [6, 6.07) is 32.4. The summed E-state index contributed by atoms with van der Waals surface area (Å²) < 4.78 is 61.4. The van der Waals surface area contributed by atoms with Crippen LogP contribution in [0, 0.1) is 17.8 Å². The smallest absolute Gasteiger partial charge is 0.341 e. The molecule has 0 aromatic heterocycles. The second kappa shape index (κ2) is 31.0. The number of ether oxygens (including phenoxy) is 3. The molecule has 75 heavy (non-hydrogen) atoms. The molecule has 0 saturated carbocycles.